The Labute approximate surface area is 104 Å². The molecule has 3 aromatic rings. The second-order valence-electron chi connectivity index (χ2n) is 3.60. The summed E-state index contributed by atoms with van der Waals surface area (Å²) >= 11 is 0. The molecule has 96 valence electrons. The lowest BCUT2D eigenvalue weighted by atomic mass is 10.3. The van der Waals surface area contributed by atoms with Crippen molar-refractivity contribution >= 4 is 11.3 Å². The van der Waals surface area contributed by atoms with Gasteiger partial charge in [-0.2, -0.15) is 4.52 Å². The van der Waals surface area contributed by atoms with Gasteiger partial charge in [-0.1, -0.05) is 0 Å². The summed E-state index contributed by atoms with van der Waals surface area (Å²) in [7, 11) is 0. The smallest absolute Gasteiger partial charge is 0.242 e. The molecule has 0 saturated heterocycles. The molecule has 0 bridgehead atoms. The molecule has 0 unspecified atom stereocenters. The van der Waals surface area contributed by atoms with Crippen molar-refractivity contribution in [3.05, 3.63) is 36.2 Å². The van der Waals surface area contributed by atoms with Gasteiger partial charge < -0.3 is 10.5 Å². The van der Waals surface area contributed by atoms with Crippen LogP contribution in [0.25, 0.3) is 5.65 Å². The van der Waals surface area contributed by atoms with E-state index in [0.717, 1.165) is 12.1 Å². The molecule has 7 nitrogen and oxygen atoms in total. The third kappa shape index (κ3) is 1.90. The summed E-state index contributed by atoms with van der Waals surface area (Å²) in [5.74, 6) is -1.88. The first-order valence-electron chi connectivity index (χ1n) is 5.09. The van der Waals surface area contributed by atoms with E-state index in [1.807, 2.05) is 0 Å². The first kappa shape index (κ1) is 11.3. The second-order valence-corrected chi connectivity index (χ2v) is 3.60. The van der Waals surface area contributed by atoms with E-state index in [-0.39, 0.29) is 17.3 Å². The summed E-state index contributed by atoms with van der Waals surface area (Å²) < 4.78 is 33.3. The number of halogens is 2. The number of nitrogens with two attached hydrogens (primary N) is 1. The Morgan fingerprint density at radius 1 is 1.16 bits per heavy atom. The number of rotatable bonds is 2. The van der Waals surface area contributed by atoms with Gasteiger partial charge in [0.25, 0.3) is 0 Å². The van der Waals surface area contributed by atoms with Crippen molar-refractivity contribution in [3.8, 4) is 11.6 Å². The molecule has 0 atom stereocenters. The number of ether oxygens (including phenoxy) is 1. The van der Waals surface area contributed by atoms with Gasteiger partial charge in [0, 0.05) is 12.1 Å². The maximum atomic E-state index is 13.6. The van der Waals surface area contributed by atoms with Crippen LogP contribution in [0.4, 0.5) is 14.5 Å². The van der Waals surface area contributed by atoms with Crippen LogP contribution < -0.4 is 10.5 Å². The molecule has 0 spiro atoms. The highest BCUT2D eigenvalue weighted by molar-refractivity contribution is 5.45. The monoisotopic (exact) mass is 264 g/mol. The SMILES string of the molecule is Nc1cc(F)c(Oc2cncc3nnnn23)cc1F. The molecule has 0 saturated carbocycles. The van der Waals surface area contributed by atoms with Crippen LogP contribution in [0.15, 0.2) is 24.5 Å². The van der Waals surface area contributed by atoms with Crippen molar-refractivity contribution in [3.63, 3.8) is 0 Å². The molecule has 3 rings (SSSR count). The van der Waals surface area contributed by atoms with Crippen molar-refractivity contribution < 1.29 is 13.5 Å². The van der Waals surface area contributed by atoms with Gasteiger partial charge in [-0.05, 0) is 10.4 Å². The Hall–Kier alpha value is -2.84. The second kappa shape index (κ2) is 4.12. The van der Waals surface area contributed by atoms with E-state index >= 15 is 0 Å². The number of hydrogen-bond acceptors (Lipinski definition) is 6. The molecule has 2 heterocycles. The third-order valence-corrected chi connectivity index (χ3v) is 2.34. The normalized spacial score (nSPS) is 10.8. The summed E-state index contributed by atoms with van der Waals surface area (Å²) in [6.07, 6.45) is 2.67. The number of anilines is 1. The molecular weight excluding hydrogens is 258 g/mol. The molecule has 0 fully saturated rings. The van der Waals surface area contributed by atoms with E-state index in [9.17, 15) is 8.78 Å². The van der Waals surface area contributed by atoms with Crippen molar-refractivity contribution in [1.82, 2.24) is 25.0 Å². The van der Waals surface area contributed by atoms with Crippen molar-refractivity contribution in [1.29, 1.82) is 0 Å². The molecule has 0 aliphatic heterocycles. The number of hydrogen-bond donors (Lipinski definition) is 1. The average Bonchev–Trinajstić information content (AvgIpc) is 2.85. The van der Waals surface area contributed by atoms with Crippen LogP contribution in [0.2, 0.25) is 0 Å². The highest BCUT2D eigenvalue weighted by Crippen LogP contribution is 2.27. The van der Waals surface area contributed by atoms with Gasteiger partial charge in [-0.25, -0.2) is 8.78 Å². The first-order valence-corrected chi connectivity index (χ1v) is 5.09. The Bertz CT molecular complexity index is 759. The van der Waals surface area contributed by atoms with Crippen LogP contribution in [-0.2, 0) is 0 Å². The Balaban J connectivity index is 2.06. The summed E-state index contributed by atoms with van der Waals surface area (Å²) in [5.41, 5.74) is 5.25. The van der Waals surface area contributed by atoms with E-state index in [1.54, 1.807) is 0 Å². The molecular formula is C10H6F2N6O. The van der Waals surface area contributed by atoms with Crippen LogP contribution in [0.3, 0.4) is 0 Å². The van der Waals surface area contributed by atoms with Gasteiger partial charge in [-0.3, -0.25) is 4.98 Å². The molecule has 0 aliphatic carbocycles. The number of aromatic nitrogens is 5. The summed E-state index contributed by atoms with van der Waals surface area (Å²) in [6, 6.07) is 1.67. The molecule has 19 heavy (non-hydrogen) atoms. The predicted molar refractivity (Wildman–Crippen MR) is 59.4 cm³/mol. The zero-order chi connectivity index (χ0) is 13.4. The van der Waals surface area contributed by atoms with E-state index in [1.165, 1.54) is 16.9 Å². The largest absolute Gasteiger partial charge is 0.434 e. The molecule has 2 N–H and O–H groups in total. The molecule has 9 heteroatoms. The zero-order valence-electron chi connectivity index (χ0n) is 9.29. The van der Waals surface area contributed by atoms with Gasteiger partial charge in [0.15, 0.2) is 11.6 Å². The molecule has 1 aromatic carbocycles. The maximum Gasteiger partial charge on any atom is 0.242 e. The van der Waals surface area contributed by atoms with Crippen LogP contribution in [0.5, 0.6) is 11.6 Å². The number of tetrazole rings is 1. The van der Waals surface area contributed by atoms with Crippen LogP contribution in [-0.4, -0.2) is 25.0 Å². The van der Waals surface area contributed by atoms with Gasteiger partial charge in [0.05, 0.1) is 18.1 Å². The van der Waals surface area contributed by atoms with E-state index in [0.29, 0.717) is 5.65 Å². The van der Waals surface area contributed by atoms with Crippen molar-refractivity contribution in [2.45, 2.75) is 0 Å². The zero-order valence-corrected chi connectivity index (χ0v) is 9.29. The summed E-state index contributed by atoms with van der Waals surface area (Å²) in [6.45, 7) is 0. The number of nitrogen functional groups attached to an aromatic ring is 1. The molecule has 0 aliphatic rings. The van der Waals surface area contributed by atoms with Crippen molar-refractivity contribution in [2.75, 3.05) is 5.73 Å². The maximum absolute atomic E-state index is 13.6. The van der Waals surface area contributed by atoms with E-state index in [4.69, 9.17) is 10.5 Å². The minimum Gasteiger partial charge on any atom is -0.434 e. The lowest BCUT2D eigenvalue weighted by molar-refractivity contribution is 0.408. The average molecular weight is 264 g/mol. The molecule has 0 radical (unpaired) electrons. The number of benzene rings is 1. The fourth-order valence-electron chi connectivity index (χ4n) is 1.46. The minimum atomic E-state index is -0.802. The Morgan fingerprint density at radius 2 is 2.00 bits per heavy atom. The lowest BCUT2D eigenvalue weighted by Gasteiger charge is -2.07. The number of fused-ring (bicyclic) bond motifs is 1. The van der Waals surface area contributed by atoms with Crippen molar-refractivity contribution in [2.24, 2.45) is 0 Å². The fourth-order valence-corrected chi connectivity index (χ4v) is 1.46. The topological polar surface area (TPSA) is 91.2 Å². The van der Waals surface area contributed by atoms with Crippen LogP contribution in [0, 0.1) is 11.6 Å². The summed E-state index contributed by atoms with van der Waals surface area (Å²) in [5, 5.41) is 10.7. The lowest BCUT2D eigenvalue weighted by Crippen LogP contribution is -2.00. The third-order valence-electron chi connectivity index (χ3n) is 2.34. The highest BCUT2D eigenvalue weighted by atomic mass is 19.1. The van der Waals surface area contributed by atoms with Gasteiger partial charge in [-0.15, -0.1) is 5.10 Å². The van der Waals surface area contributed by atoms with Crippen LogP contribution >= 0.6 is 0 Å². The molecule has 0 amide bonds. The van der Waals surface area contributed by atoms with Gasteiger partial charge >= 0.3 is 0 Å². The standard InChI is InChI=1S/C10H6F2N6O/c11-5-2-8(6(12)1-7(5)13)19-10-4-14-3-9-15-16-17-18(9)10/h1-4H,13H2. The fraction of sp³-hybridized carbons (Fsp3) is 0. The first-order chi connectivity index (χ1) is 9.15. The van der Waals surface area contributed by atoms with Gasteiger partial charge in [0.2, 0.25) is 11.5 Å². The minimum absolute atomic E-state index is 0.0468. The number of nitrogens with zero attached hydrogens (tertiary/aromatic N) is 5. The quantitative estimate of drug-likeness (QED) is 0.698. The van der Waals surface area contributed by atoms with Crippen LogP contribution in [0.1, 0.15) is 0 Å². The Kier molecular flexibility index (Phi) is 2.44. The Morgan fingerprint density at radius 3 is 2.84 bits per heavy atom. The molecule has 2 aromatic heterocycles. The van der Waals surface area contributed by atoms with Gasteiger partial charge in [0.1, 0.15) is 5.82 Å². The van der Waals surface area contributed by atoms with E-state index < -0.39 is 11.6 Å². The predicted octanol–water partition coefficient (Wildman–Crippen LogP) is 1.17. The van der Waals surface area contributed by atoms with E-state index in [2.05, 4.69) is 20.5 Å². The summed E-state index contributed by atoms with van der Waals surface area (Å²) in [4.78, 5) is 3.82. The highest BCUT2D eigenvalue weighted by Gasteiger charge is 2.12.